The average molecular weight is 484 g/mol. The third-order valence-electron chi connectivity index (χ3n) is 5.22. The summed E-state index contributed by atoms with van der Waals surface area (Å²) in [6, 6.07) is 9.44. The molecule has 0 saturated carbocycles. The second-order valence-corrected chi connectivity index (χ2v) is 8.00. The van der Waals surface area contributed by atoms with Crippen molar-refractivity contribution >= 4 is 41.0 Å². The lowest BCUT2D eigenvalue weighted by atomic mass is 9.89. The van der Waals surface area contributed by atoms with Crippen LogP contribution >= 0.6 is 23.2 Å². The van der Waals surface area contributed by atoms with Crippen molar-refractivity contribution < 1.29 is 27.8 Å². The van der Waals surface area contributed by atoms with Crippen molar-refractivity contribution in [1.29, 1.82) is 0 Å². The minimum absolute atomic E-state index is 0.0311. The van der Waals surface area contributed by atoms with Crippen molar-refractivity contribution in [2.24, 2.45) is 5.92 Å². The molecule has 3 rings (SSSR count). The number of nitrogens with zero attached hydrogens (tertiary/aromatic N) is 1. The monoisotopic (exact) mass is 483 g/mol. The molecule has 2 aromatic carbocycles. The van der Waals surface area contributed by atoms with E-state index in [9.17, 15) is 18.4 Å². The molecule has 1 aliphatic heterocycles. The predicted molar refractivity (Wildman–Crippen MR) is 119 cm³/mol. The number of halogens is 4. The van der Waals surface area contributed by atoms with Crippen LogP contribution in [0.15, 0.2) is 42.5 Å². The number of hydrogen-bond acceptors (Lipinski definition) is 4. The number of ether oxygens (including phenoxy) is 2. The highest BCUT2D eigenvalue weighted by Crippen LogP contribution is 2.33. The lowest BCUT2D eigenvalue weighted by molar-refractivity contribution is -0.127. The van der Waals surface area contributed by atoms with Gasteiger partial charge in [-0.25, -0.2) is 0 Å². The van der Waals surface area contributed by atoms with Gasteiger partial charge in [0, 0.05) is 36.2 Å². The van der Waals surface area contributed by atoms with Crippen LogP contribution in [0.1, 0.15) is 28.8 Å². The summed E-state index contributed by atoms with van der Waals surface area (Å²) in [5.74, 6) is -0.529. The summed E-state index contributed by atoms with van der Waals surface area (Å²) in [6.07, 6.45) is 3.73. The summed E-state index contributed by atoms with van der Waals surface area (Å²) in [6.45, 7) is -2.22. The highest BCUT2D eigenvalue weighted by atomic mass is 35.5. The average Bonchev–Trinajstić information content (AvgIpc) is 2.79. The SMILES string of the molecule is COc1cccc(C=CC(=O)N2CCC(C(=O)c3ccc(Cl)c(Cl)c3)CC2)c1OC(F)F. The number of rotatable bonds is 7. The number of methoxy groups -OCH3 is 1. The van der Waals surface area contributed by atoms with Crippen molar-refractivity contribution in [2.75, 3.05) is 20.2 Å². The summed E-state index contributed by atoms with van der Waals surface area (Å²) in [4.78, 5) is 26.9. The van der Waals surface area contributed by atoms with Crippen LogP contribution < -0.4 is 9.47 Å². The molecule has 0 bridgehead atoms. The van der Waals surface area contributed by atoms with Crippen molar-refractivity contribution in [3.8, 4) is 11.5 Å². The van der Waals surface area contributed by atoms with Gasteiger partial charge in [0.25, 0.3) is 0 Å². The molecule has 0 unspecified atom stereocenters. The van der Waals surface area contributed by atoms with Crippen molar-refractivity contribution in [3.05, 3.63) is 63.6 Å². The number of benzene rings is 2. The van der Waals surface area contributed by atoms with Gasteiger partial charge in [0.05, 0.1) is 17.2 Å². The van der Waals surface area contributed by atoms with Gasteiger partial charge in [-0.05, 0) is 43.2 Å². The van der Waals surface area contributed by atoms with Crippen LogP contribution in [-0.2, 0) is 4.79 Å². The predicted octanol–water partition coefficient (Wildman–Crippen LogP) is 5.74. The van der Waals surface area contributed by atoms with E-state index in [-0.39, 0.29) is 29.1 Å². The number of carbonyl (C=O) groups is 2. The molecule has 32 heavy (non-hydrogen) atoms. The molecule has 5 nitrogen and oxygen atoms in total. The Bertz CT molecular complexity index is 1020. The van der Waals surface area contributed by atoms with Crippen LogP contribution in [0.5, 0.6) is 11.5 Å². The molecule has 0 atom stereocenters. The maximum Gasteiger partial charge on any atom is 0.387 e. The first-order valence-corrected chi connectivity index (χ1v) is 10.6. The molecule has 9 heteroatoms. The standard InChI is InChI=1S/C23H21Cl2F2NO4/c1-31-19-4-2-3-15(22(19)32-23(26)27)6-8-20(29)28-11-9-14(10-12-28)21(30)16-5-7-17(24)18(25)13-16/h2-8,13-14,23H,9-12H2,1H3. The first-order valence-electron chi connectivity index (χ1n) is 9.88. The Hall–Kier alpha value is -2.64. The minimum atomic E-state index is -3.03. The molecule has 0 N–H and O–H groups in total. The summed E-state index contributed by atoms with van der Waals surface area (Å²) in [7, 11) is 1.34. The molecule has 0 radical (unpaired) electrons. The van der Waals surface area contributed by atoms with Crippen LogP contribution in [-0.4, -0.2) is 43.4 Å². The third-order valence-corrected chi connectivity index (χ3v) is 5.96. The summed E-state index contributed by atoms with van der Waals surface area (Å²) in [5.41, 5.74) is 0.788. The van der Waals surface area contributed by atoms with E-state index in [4.69, 9.17) is 27.9 Å². The molecular formula is C23H21Cl2F2NO4. The van der Waals surface area contributed by atoms with Crippen LogP contribution in [0.4, 0.5) is 8.78 Å². The molecule has 1 aliphatic rings. The maximum absolute atomic E-state index is 12.8. The Balaban J connectivity index is 1.63. The Kier molecular flexibility index (Phi) is 8.10. The molecule has 1 amide bonds. The number of piperidine rings is 1. The van der Waals surface area contributed by atoms with Gasteiger partial charge in [-0.1, -0.05) is 35.3 Å². The van der Waals surface area contributed by atoms with Crippen LogP contribution in [0.2, 0.25) is 10.0 Å². The first kappa shape index (κ1) is 24.0. The van der Waals surface area contributed by atoms with E-state index in [1.807, 2.05) is 0 Å². The van der Waals surface area contributed by atoms with E-state index in [0.717, 1.165) is 0 Å². The molecule has 0 spiro atoms. The number of amides is 1. The molecule has 0 aliphatic carbocycles. The van der Waals surface area contributed by atoms with Gasteiger partial charge in [-0.3, -0.25) is 9.59 Å². The van der Waals surface area contributed by atoms with Gasteiger partial charge < -0.3 is 14.4 Å². The zero-order valence-corrected chi connectivity index (χ0v) is 18.7. The number of alkyl halides is 2. The van der Waals surface area contributed by atoms with E-state index < -0.39 is 6.61 Å². The number of likely N-dealkylation sites (tertiary alicyclic amines) is 1. The number of ketones is 1. The van der Waals surface area contributed by atoms with Gasteiger partial charge in [-0.2, -0.15) is 8.78 Å². The smallest absolute Gasteiger partial charge is 0.387 e. The normalized spacial score (nSPS) is 14.8. The molecule has 1 saturated heterocycles. The fraction of sp³-hybridized carbons (Fsp3) is 0.304. The van der Waals surface area contributed by atoms with E-state index in [2.05, 4.69) is 4.74 Å². The molecule has 2 aromatic rings. The number of hydrogen-bond donors (Lipinski definition) is 0. The van der Waals surface area contributed by atoms with Gasteiger partial charge in [0.15, 0.2) is 17.3 Å². The van der Waals surface area contributed by atoms with Gasteiger partial charge in [-0.15, -0.1) is 0 Å². The third kappa shape index (κ3) is 5.78. The highest BCUT2D eigenvalue weighted by Gasteiger charge is 2.27. The maximum atomic E-state index is 12.8. The Morgan fingerprint density at radius 1 is 1.12 bits per heavy atom. The second kappa shape index (κ2) is 10.8. The zero-order valence-electron chi connectivity index (χ0n) is 17.2. The van der Waals surface area contributed by atoms with Crippen molar-refractivity contribution in [3.63, 3.8) is 0 Å². The molecular weight excluding hydrogens is 463 g/mol. The molecule has 0 aromatic heterocycles. The summed E-state index contributed by atoms with van der Waals surface area (Å²) in [5, 5.41) is 0.705. The zero-order chi connectivity index (χ0) is 23.3. The lowest BCUT2D eigenvalue weighted by Gasteiger charge is -2.30. The second-order valence-electron chi connectivity index (χ2n) is 7.18. The summed E-state index contributed by atoms with van der Waals surface area (Å²) < 4.78 is 35.1. The molecule has 170 valence electrons. The van der Waals surface area contributed by atoms with Crippen molar-refractivity contribution in [2.45, 2.75) is 19.5 Å². The highest BCUT2D eigenvalue weighted by molar-refractivity contribution is 6.42. The fourth-order valence-electron chi connectivity index (χ4n) is 3.55. The van der Waals surface area contributed by atoms with Crippen LogP contribution in [0.3, 0.4) is 0 Å². The van der Waals surface area contributed by atoms with E-state index in [0.29, 0.717) is 47.1 Å². The topological polar surface area (TPSA) is 55.8 Å². The quantitative estimate of drug-likeness (QED) is 0.372. The van der Waals surface area contributed by atoms with E-state index in [1.54, 1.807) is 35.2 Å². The minimum Gasteiger partial charge on any atom is -0.493 e. The van der Waals surface area contributed by atoms with E-state index in [1.165, 1.54) is 25.3 Å². The Labute approximate surface area is 194 Å². The fourth-order valence-corrected chi connectivity index (χ4v) is 3.85. The number of para-hydroxylation sites is 1. The first-order chi connectivity index (χ1) is 15.3. The van der Waals surface area contributed by atoms with Gasteiger partial charge in [0.2, 0.25) is 5.91 Å². The summed E-state index contributed by atoms with van der Waals surface area (Å²) >= 11 is 11.9. The Morgan fingerprint density at radius 3 is 2.47 bits per heavy atom. The molecule has 1 heterocycles. The lowest BCUT2D eigenvalue weighted by Crippen LogP contribution is -2.39. The van der Waals surface area contributed by atoms with Gasteiger partial charge in [0.1, 0.15) is 0 Å². The largest absolute Gasteiger partial charge is 0.493 e. The van der Waals surface area contributed by atoms with Crippen LogP contribution in [0.25, 0.3) is 6.08 Å². The number of carbonyl (C=O) groups excluding carboxylic acids is 2. The van der Waals surface area contributed by atoms with E-state index >= 15 is 0 Å². The van der Waals surface area contributed by atoms with Gasteiger partial charge >= 0.3 is 6.61 Å². The molecule has 1 fully saturated rings. The Morgan fingerprint density at radius 2 is 1.84 bits per heavy atom. The van der Waals surface area contributed by atoms with Crippen molar-refractivity contribution in [1.82, 2.24) is 4.90 Å². The number of Topliss-reactive ketones (excluding diaryl/α,β-unsaturated/α-hetero) is 1. The van der Waals surface area contributed by atoms with Crippen LogP contribution in [0, 0.1) is 5.92 Å².